The van der Waals surface area contributed by atoms with Gasteiger partial charge in [0.05, 0.1) is 31.1 Å². The molecular formula is C24H28FN6O7P. The number of amides is 1. The maximum atomic E-state index is 15.1. The van der Waals surface area contributed by atoms with Crippen molar-refractivity contribution in [2.75, 3.05) is 18.0 Å². The van der Waals surface area contributed by atoms with E-state index in [1.54, 1.807) is 18.3 Å². The molecule has 15 heteroatoms. The lowest BCUT2D eigenvalue weighted by atomic mass is 10.0. The Labute approximate surface area is 223 Å². The van der Waals surface area contributed by atoms with Gasteiger partial charge in [-0.15, -0.1) is 0 Å². The van der Waals surface area contributed by atoms with Gasteiger partial charge >= 0.3 is 13.7 Å². The maximum Gasteiger partial charge on any atom is 0.490 e. The number of aromatic nitrogens is 3. The molecule has 0 spiro atoms. The van der Waals surface area contributed by atoms with Crippen LogP contribution in [0.2, 0.25) is 0 Å². The molecule has 0 aliphatic carbocycles. The Morgan fingerprint density at radius 2 is 2.00 bits per heavy atom. The summed E-state index contributed by atoms with van der Waals surface area (Å²) in [5.74, 6) is -2.39. The van der Waals surface area contributed by atoms with E-state index in [4.69, 9.17) is 4.74 Å². The first-order valence-electron chi connectivity index (χ1n) is 11.9. The fraction of sp³-hybridized carbons (Fsp3) is 0.333. The number of carbonyl (C=O) groups excluding carboxylic acids is 2. The number of carbonyl (C=O) groups is 2. The Bertz CT molecular complexity index is 1360. The molecule has 4 rings (SSSR count). The van der Waals surface area contributed by atoms with Crippen molar-refractivity contribution in [3.05, 3.63) is 65.7 Å². The molecule has 39 heavy (non-hydrogen) atoms. The van der Waals surface area contributed by atoms with Crippen molar-refractivity contribution in [2.24, 2.45) is 0 Å². The first-order valence-corrected chi connectivity index (χ1v) is 13.4. The topological polar surface area (TPSA) is 170 Å². The molecule has 13 nitrogen and oxygen atoms in total. The number of nitrogens with one attached hydrogen (secondary N) is 2. The molecule has 0 radical (unpaired) electrons. The molecule has 1 aromatic heterocycles. The Hall–Kier alpha value is -3.68. The van der Waals surface area contributed by atoms with Gasteiger partial charge in [-0.3, -0.25) is 14.5 Å². The fourth-order valence-electron chi connectivity index (χ4n) is 4.12. The van der Waals surface area contributed by atoms with Gasteiger partial charge in [0, 0.05) is 38.2 Å². The van der Waals surface area contributed by atoms with Crippen molar-refractivity contribution >= 4 is 25.3 Å². The van der Waals surface area contributed by atoms with Gasteiger partial charge < -0.3 is 24.6 Å². The van der Waals surface area contributed by atoms with Crippen molar-refractivity contribution in [1.82, 2.24) is 25.4 Å². The van der Waals surface area contributed by atoms with Crippen LogP contribution in [0.4, 0.5) is 10.1 Å². The average Bonchev–Trinajstić information content (AvgIpc) is 3.51. The zero-order valence-corrected chi connectivity index (χ0v) is 22.0. The molecule has 4 N–H and O–H groups in total. The van der Waals surface area contributed by atoms with Crippen molar-refractivity contribution in [1.29, 1.82) is 0 Å². The second-order valence-corrected chi connectivity index (χ2v) is 10.5. The van der Waals surface area contributed by atoms with Crippen LogP contribution in [0, 0.1) is 5.82 Å². The molecule has 2 aromatic carbocycles. The molecule has 1 aliphatic heterocycles. The van der Waals surface area contributed by atoms with E-state index in [1.165, 1.54) is 11.0 Å². The number of hydrogen-bond acceptors (Lipinski definition) is 10. The maximum absolute atomic E-state index is 15.1. The average molecular weight is 562 g/mol. The predicted molar refractivity (Wildman–Crippen MR) is 136 cm³/mol. The van der Waals surface area contributed by atoms with E-state index >= 15 is 4.39 Å². The van der Waals surface area contributed by atoms with Crippen molar-refractivity contribution in [2.45, 2.75) is 39.5 Å². The third-order valence-corrected chi connectivity index (χ3v) is 7.47. The number of benzene rings is 2. The smallest absolute Gasteiger partial charge is 0.376 e. The first-order chi connectivity index (χ1) is 18.5. The van der Waals surface area contributed by atoms with Gasteiger partial charge in [-0.25, -0.2) is 13.6 Å². The summed E-state index contributed by atoms with van der Waals surface area (Å²) in [5.41, 5.74) is 3.12. The molecule has 2 heterocycles. The van der Waals surface area contributed by atoms with Gasteiger partial charge in [0.2, 0.25) is 12.3 Å². The highest BCUT2D eigenvalue weighted by molar-refractivity contribution is 7.51. The number of H-pyrrole nitrogens is 1. The van der Waals surface area contributed by atoms with E-state index in [0.717, 1.165) is 25.1 Å². The summed E-state index contributed by atoms with van der Waals surface area (Å²) >= 11 is 0. The van der Waals surface area contributed by atoms with Crippen LogP contribution in [-0.4, -0.2) is 67.6 Å². The molecular weight excluding hydrogens is 534 g/mol. The highest BCUT2D eigenvalue weighted by atomic mass is 31.2. The summed E-state index contributed by atoms with van der Waals surface area (Å²) in [6.07, 6.45) is -0.784. The molecule has 1 amide bonds. The summed E-state index contributed by atoms with van der Waals surface area (Å²) in [6.45, 7) is 2.65. The minimum atomic E-state index is -4.77. The molecule has 1 saturated heterocycles. The van der Waals surface area contributed by atoms with E-state index in [-0.39, 0.29) is 6.54 Å². The molecule has 0 saturated carbocycles. The van der Waals surface area contributed by atoms with E-state index in [1.807, 2.05) is 24.3 Å². The van der Waals surface area contributed by atoms with Gasteiger partial charge in [-0.2, -0.15) is 15.4 Å². The van der Waals surface area contributed by atoms with E-state index in [2.05, 4.69) is 25.3 Å². The Kier molecular flexibility index (Phi) is 8.73. The zero-order chi connectivity index (χ0) is 28.2. The minimum absolute atomic E-state index is 0.0279. The molecule has 0 bridgehead atoms. The SMILES string of the molecule is CC(=O)OP(=O)(O)N(CC1CN(c2ccc(-c3ccc(CNCc4cn[nH]n4)cc3)c(F)c2)C(O)O1)C(C)=O. The van der Waals surface area contributed by atoms with Gasteiger partial charge in [0.25, 0.3) is 0 Å². The van der Waals surface area contributed by atoms with Gasteiger partial charge in [-0.05, 0) is 29.3 Å². The first kappa shape index (κ1) is 28.3. The van der Waals surface area contributed by atoms with Gasteiger partial charge in [0.1, 0.15) is 5.82 Å². The third-order valence-electron chi connectivity index (χ3n) is 5.92. The number of halogens is 1. The summed E-state index contributed by atoms with van der Waals surface area (Å²) in [7, 11) is -4.77. The van der Waals surface area contributed by atoms with Crippen molar-refractivity contribution < 1.29 is 37.8 Å². The third kappa shape index (κ3) is 7.05. The number of aromatic amines is 1. The van der Waals surface area contributed by atoms with Gasteiger partial charge in [0.15, 0.2) is 0 Å². The molecule has 3 atom stereocenters. The standard InChI is InChI=1S/C24H28FN6O7P/c1-15(32)31(39(35,36)38-16(2)33)14-21-13-30(24(34)37-21)20-7-8-22(23(25)9-20)18-5-3-17(4-6-18)10-26-11-19-12-27-29-28-19/h3-9,12,21,24,26,34H,10-11,13-14H2,1-2H3,(H,35,36)(H,27,28,29). The Morgan fingerprint density at radius 3 is 2.62 bits per heavy atom. The van der Waals surface area contributed by atoms with Crippen LogP contribution < -0.4 is 10.2 Å². The largest absolute Gasteiger partial charge is 0.490 e. The lowest BCUT2D eigenvalue weighted by Gasteiger charge is -2.26. The molecule has 1 aliphatic rings. The zero-order valence-electron chi connectivity index (χ0n) is 21.2. The number of rotatable bonds is 10. The Morgan fingerprint density at radius 1 is 1.26 bits per heavy atom. The lowest BCUT2D eigenvalue weighted by Crippen LogP contribution is -2.36. The van der Waals surface area contributed by atoms with E-state index in [0.29, 0.717) is 34.6 Å². The summed E-state index contributed by atoms with van der Waals surface area (Å²) < 4.78 is 37.8. The van der Waals surface area contributed by atoms with Crippen LogP contribution in [0.15, 0.2) is 48.7 Å². The van der Waals surface area contributed by atoms with Crippen LogP contribution in [0.3, 0.4) is 0 Å². The van der Waals surface area contributed by atoms with E-state index < -0.39 is 44.5 Å². The normalized spacial score (nSPS) is 18.5. The summed E-state index contributed by atoms with van der Waals surface area (Å²) in [6, 6.07) is 11.8. The van der Waals surface area contributed by atoms with Crippen LogP contribution in [-0.2, 0) is 36.5 Å². The van der Waals surface area contributed by atoms with Crippen LogP contribution >= 0.6 is 7.75 Å². The number of ether oxygens (including phenoxy) is 1. The van der Waals surface area contributed by atoms with Crippen molar-refractivity contribution in [3.63, 3.8) is 0 Å². The molecule has 1 fully saturated rings. The minimum Gasteiger partial charge on any atom is -0.376 e. The molecule has 3 unspecified atom stereocenters. The summed E-state index contributed by atoms with van der Waals surface area (Å²) in [5, 5.41) is 23.9. The van der Waals surface area contributed by atoms with Crippen molar-refractivity contribution in [3.8, 4) is 11.1 Å². The second-order valence-electron chi connectivity index (χ2n) is 8.84. The number of anilines is 1. The molecule has 3 aromatic rings. The lowest BCUT2D eigenvalue weighted by molar-refractivity contribution is -0.135. The van der Waals surface area contributed by atoms with Crippen LogP contribution in [0.25, 0.3) is 11.1 Å². The number of hydrogen-bond donors (Lipinski definition) is 4. The second kappa shape index (κ2) is 12.0. The highest BCUT2D eigenvalue weighted by Gasteiger charge is 2.40. The van der Waals surface area contributed by atoms with Crippen LogP contribution in [0.1, 0.15) is 25.1 Å². The van der Waals surface area contributed by atoms with Gasteiger partial charge in [-0.1, -0.05) is 24.3 Å². The number of nitrogens with zero attached hydrogens (tertiary/aromatic N) is 4. The highest BCUT2D eigenvalue weighted by Crippen LogP contribution is 2.47. The summed E-state index contributed by atoms with van der Waals surface area (Å²) in [4.78, 5) is 34.5. The predicted octanol–water partition coefficient (Wildman–Crippen LogP) is 1.89. The fourth-order valence-corrected chi connectivity index (χ4v) is 5.29. The molecule has 208 valence electrons. The number of aliphatic hydroxyl groups excluding tert-OH is 1. The van der Waals surface area contributed by atoms with E-state index in [9.17, 15) is 24.2 Å². The van der Waals surface area contributed by atoms with Crippen LogP contribution in [0.5, 0.6) is 0 Å². The monoisotopic (exact) mass is 562 g/mol. The quantitative estimate of drug-likeness (QED) is 0.266. The number of aliphatic hydroxyl groups is 1. The Balaban J connectivity index is 1.40.